The molecule has 100 valence electrons. The van der Waals surface area contributed by atoms with Crippen LogP contribution in [0.1, 0.15) is 10.5 Å². The van der Waals surface area contributed by atoms with Crippen LogP contribution in [0.15, 0.2) is 37.4 Å². The molecule has 8 nitrogen and oxygen atoms in total. The maximum Gasteiger partial charge on any atom is 0.271 e. The van der Waals surface area contributed by atoms with Crippen LogP contribution < -0.4 is 5.32 Å². The van der Waals surface area contributed by atoms with Crippen molar-refractivity contribution in [3.8, 4) is 0 Å². The molecule has 0 saturated heterocycles. The predicted molar refractivity (Wildman–Crippen MR) is 69.7 cm³/mol. The molecule has 3 aromatic heterocycles. The number of hydrogen-bond acceptors (Lipinski definition) is 6. The van der Waals surface area contributed by atoms with E-state index >= 15 is 0 Å². The molecule has 3 heterocycles. The Morgan fingerprint density at radius 3 is 2.95 bits per heavy atom. The minimum atomic E-state index is -0.251. The van der Waals surface area contributed by atoms with Crippen molar-refractivity contribution in [1.29, 1.82) is 0 Å². The number of aromatic nitrogens is 6. The summed E-state index contributed by atoms with van der Waals surface area (Å²) in [5.74, 6) is -0.251. The molecule has 0 aliphatic heterocycles. The number of fused-ring (bicyclic) bond motifs is 1. The lowest BCUT2D eigenvalue weighted by molar-refractivity contribution is 0.0947. The zero-order valence-electron chi connectivity index (χ0n) is 10.5. The van der Waals surface area contributed by atoms with Crippen molar-refractivity contribution in [3.63, 3.8) is 0 Å². The third-order valence-electron chi connectivity index (χ3n) is 2.74. The first-order chi connectivity index (χ1) is 9.84. The first-order valence-corrected chi connectivity index (χ1v) is 5.99. The van der Waals surface area contributed by atoms with Crippen LogP contribution in [0.5, 0.6) is 0 Å². The molecule has 20 heavy (non-hydrogen) atoms. The van der Waals surface area contributed by atoms with E-state index < -0.39 is 0 Å². The van der Waals surface area contributed by atoms with Crippen LogP contribution in [-0.2, 0) is 6.54 Å². The van der Waals surface area contributed by atoms with Crippen molar-refractivity contribution in [2.45, 2.75) is 6.54 Å². The quantitative estimate of drug-likeness (QED) is 0.718. The molecule has 0 spiro atoms. The van der Waals surface area contributed by atoms with Gasteiger partial charge in [-0.1, -0.05) is 0 Å². The van der Waals surface area contributed by atoms with Crippen LogP contribution >= 0.6 is 0 Å². The number of carbonyl (C=O) groups excluding carboxylic acids is 1. The lowest BCUT2D eigenvalue weighted by Crippen LogP contribution is -2.27. The van der Waals surface area contributed by atoms with Gasteiger partial charge in [-0.05, 0) is 0 Å². The second-order valence-corrected chi connectivity index (χ2v) is 4.02. The Hall–Kier alpha value is -2.90. The Labute approximate surface area is 113 Å². The summed E-state index contributed by atoms with van der Waals surface area (Å²) in [5.41, 5.74) is 1.77. The number of rotatable bonds is 4. The molecular formula is C12H11N7O. The summed E-state index contributed by atoms with van der Waals surface area (Å²) in [6.45, 7) is 1.03. The van der Waals surface area contributed by atoms with E-state index in [1.807, 2.05) is 4.57 Å². The van der Waals surface area contributed by atoms with Gasteiger partial charge in [-0.2, -0.15) is 0 Å². The third-order valence-corrected chi connectivity index (χ3v) is 2.74. The zero-order chi connectivity index (χ0) is 13.8. The van der Waals surface area contributed by atoms with Crippen molar-refractivity contribution in [2.75, 3.05) is 6.54 Å². The summed E-state index contributed by atoms with van der Waals surface area (Å²) < 4.78 is 1.88. The summed E-state index contributed by atoms with van der Waals surface area (Å²) in [6, 6.07) is 0. The predicted octanol–water partition coefficient (Wildman–Crippen LogP) is 0.0463. The molecule has 1 amide bonds. The van der Waals surface area contributed by atoms with Crippen molar-refractivity contribution in [1.82, 2.24) is 34.8 Å². The lowest BCUT2D eigenvalue weighted by atomic mass is 10.4. The number of imidazole rings is 1. The topological polar surface area (TPSA) is 98.5 Å². The van der Waals surface area contributed by atoms with Crippen molar-refractivity contribution in [3.05, 3.63) is 43.1 Å². The van der Waals surface area contributed by atoms with E-state index in [9.17, 15) is 4.79 Å². The second-order valence-electron chi connectivity index (χ2n) is 4.02. The molecule has 0 aliphatic carbocycles. The standard InChI is InChI=1S/C12H11N7O/c20-12(9-5-13-1-2-15-9)16-3-4-19-8-18-11-10(19)6-14-7-17-11/h1-2,5-8H,3-4H2,(H,16,20). The van der Waals surface area contributed by atoms with Gasteiger partial charge in [-0.25, -0.2) is 19.9 Å². The van der Waals surface area contributed by atoms with Gasteiger partial charge in [0.2, 0.25) is 0 Å². The molecule has 0 aromatic carbocycles. The maximum atomic E-state index is 11.8. The van der Waals surface area contributed by atoms with E-state index in [-0.39, 0.29) is 5.91 Å². The molecule has 0 atom stereocenters. The molecule has 0 aliphatic rings. The fourth-order valence-electron chi connectivity index (χ4n) is 1.78. The van der Waals surface area contributed by atoms with Crippen LogP contribution in [0.2, 0.25) is 0 Å². The van der Waals surface area contributed by atoms with Gasteiger partial charge in [0.05, 0.1) is 18.7 Å². The van der Waals surface area contributed by atoms with E-state index in [0.717, 1.165) is 5.52 Å². The Morgan fingerprint density at radius 1 is 1.15 bits per heavy atom. The Balaban J connectivity index is 1.62. The van der Waals surface area contributed by atoms with E-state index in [1.165, 1.54) is 24.9 Å². The molecule has 3 rings (SSSR count). The summed E-state index contributed by atoms with van der Waals surface area (Å²) >= 11 is 0. The molecule has 0 radical (unpaired) electrons. The van der Waals surface area contributed by atoms with Crippen LogP contribution in [0.4, 0.5) is 0 Å². The Morgan fingerprint density at radius 2 is 2.10 bits per heavy atom. The number of amides is 1. The average molecular weight is 269 g/mol. The first kappa shape index (κ1) is 12.2. The van der Waals surface area contributed by atoms with Crippen LogP contribution in [0.25, 0.3) is 11.2 Å². The van der Waals surface area contributed by atoms with Gasteiger partial charge in [-0.3, -0.25) is 9.78 Å². The van der Waals surface area contributed by atoms with Gasteiger partial charge in [0, 0.05) is 25.5 Å². The van der Waals surface area contributed by atoms with E-state index in [4.69, 9.17) is 0 Å². The maximum absolute atomic E-state index is 11.8. The highest BCUT2D eigenvalue weighted by atomic mass is 16.1. The summed E-state index contributed by atoms with van der Waals surface area (Å²) in [7, 11) is 0. The SMILES string of the molecule is O=C(NCCn1cnc2ncncc21)c1cnccn1. The monoisotopic (exact) mass is 269 g/mol. The van der Waals surface area contributed by atoms with Gasteiger partial charge >= 0.3 is 0 Å². The van der Waals surface area contributed by atoms with Gasteiger partial charge in [0.25, 0.3) is 5.91 Å². The zero-order valence-corrected chi connectivity index (χ0v) is 10.5. The van der Waals surface area contributed by atoms with Crippen molar-refractivity contribution in [2.24, 2.45) is 0 Å². The fourth-order valence-corrected chi connectivity index (χ4v) is 1.78. The summed E-state index contributed by atoms with van der Waals surface area (Å²) in [6.07, 6.45) is 9.25. The first-order valence-electron chi connectivity index (χ1n) is 5.99. The van der Waals surface area contributed by atoms with Crippen LogP contribution in [0.3, 0.4) is 0 Å². The largest absolute Gasteiger partial charge is 0.349 e. The van der Waals surface area contributed by atoms with Gasteiger partial charge in [0.1, 0.15) is 17.5 Å². The molecule has 1 N–H and O–H groups in total. The number of hydrogen-bond donors (Lipinski definition) is 1. The number of nitrogens with zero attached hydrogens (tertiary/aromatic N) is 6. The summed E-state index contributed by atoms with van der Waals surface area (Å²) in [5, 5.41) is 2.77. The molecule has 0 fully saturated rings. The van der Waals surface area contributed by atoms with E-state index in [0.29, 0.717) is 24.4 Å². The van der Waals surface area contributed by atoms with Gasteiger partial charge < -0.3 is 9.88 Å². The number of nitrogens with one attached hydrogen (secondary N) is 1. The molecular weight excluding hydrogens is 258 g/mol. The Kier molecular flexibility index (Phi) is 3.27. The Bertz CT molecular complexity index is 725. The molecule has 3 aromatic rings. The highest BCUT2D eigenvalue weighted by Crippen LogP contribution is 2.06. The highest BCUT2D eigenvalue weighted by Gasteiger charge is 2.07. The van der Waals surface area contributed by atoms with Crippen molar-refractivity contribution < 1.29 is 4.79 Å². The lowest BCUT2D eigenvalue weighted by Gasteiger charge is -2.05. The van der Waals surface area contributed by atoms with Crippen molar-refractivity contribution >= 4 is 17.1 Å². The van der Waals surface area contributed by atoms with Crippen LogP contribution in [0, 0.1) is 0 Å². The minimum Gasteiger partial charge on any atom is -0.349 e. The molecule has 8 heteroatoms. The molecule has 0 saturated carbocycles. The average Bonchev–Trinajstić information content (AvgIpc) is 2.92. The smallest absolute Gasteiger partial charge is 0.271 e. The van der Waals surface area contributed by atoms with E-state index in [2.05, 4.69) is 30.2 Å². The molecule has 0 bridgehead atoms. The second kappa shape index (κ2) is 5.39. The molecule has 0 unspecified atom stereocenters. The minimum absolute atomic E-state index is 0.251. The highest BCUT2D eigenvalue weighted by molar-refractivity contribution is 5.91. The van der Waals surface area contributed by atoms with Crippen LogP contribution in [-0.4, -0.2) is 41.9 Å². The third kappa shape index (κ3) is 2.44. The van der Waals surface area contributed by atoms with Gasteiger partial charge in [-0.15, -0.1) is 0 Å². The fraction of sp³-hybridized carbons (Fsp3) is 0.167. The number of carbonyl (C=O) groups is 1. The normalized spacial score (nSPS) is 10.6. The van der Waals surface area contributed by atoms with Gasteiger partial charge in [0.15, 0.2) is 5.65 Å². The van der Waals surface area contributed by atoms with E-state index in [1.54, 1.807) is 12.5 Å². The summed E-state index contributed by atoms with van der Waals surface area (Å²) in [4.78, 5) is 31.7.